The van der Waals surface area contributed by atoms with Crippen molar-refractivity contribution in [3.05, 3.63) is 34.9 Å². The highest BCUT2D eigenvalue weighted by atomic mass is 79.9. The zero-order chi connectivity index (χ0) is 14.5. The number of ether oxygens (including phenoxy) is 3. The van der Waals surface area contributed by atoms with Gasteiger partial charge in [-0.25, -0.2) is 4.98 Å². The highest BCUT2D eigenvalue weighted by Crippen LogP contribution is 2.40. The molecule has 0 atom stereocenters. The molecule has 20 heavy (non-hydrogen) atoms. The zero-order valence-electron chi connectivity index (χ0n) is 11.4. The molecule has 0 unspecified atom stereocenters. The van der Waals surface area contributed by atoms with Gasteiger partial charge in [0.1, 0.15) is 10.4 Å². The van der Waals surface area contributed by atoms with Gasteiger partial charge in [0.25, 0.3) is 0 Å². The quantitative estimate of drug-likeness (QED) is 0.844. The Morgan fingerprint density at radius 3 is 2.15 bits per heavy atom. The Labute approximate surface area is 126 Å². The largest absolute Gasteiger partial charge is 0.493 e. The highest BCUT2D eigenvalue weighted by Gasteiger charge is 2.13. The molecule has 0 fully saturated rings. The van der Waals surface area contributed by atoms with Crippen molar-refractivity contribution in [1.29, 1.82) is 0 Å². The van der Waals surface area contributed by atoms with E-state index in [0.29, 0.717) is 23.1 Å². The summed E-state index contributed by atoms with van der Waals surface area (Å²) < 4.78 is 16.7. The maximum Gasteiger partial charge on any atom is 0.203 e. The first-order valence-corrected chi connectivity index (χ1v) is 6.67. The molecule has 1 aromatic carbocycles. The van der Waals surface area contributed by atoms with Crippen molar-refractivity contribution in [3.8, 4) is 17.2 Å². The van der Waals surface area contributed by atoms with Gasteiger partial charge in [0.15, 0.2) is 11.5 Å². The first-order chi connectivity index (χ1) is 9.67. The van der Waals surface area contributed by atoms with E-state index in [0.717, 1.165) is 10.3 Å². The number of hydrogen-bond acceptors (Lipinski definition) is 5. The monoisotopic (exact) mass is 338 g/mol. The third-order valence-corrected chi connectivity index (χ3v) is 3.09. The number of methoxy groups -OCH3 is 3. The van der Waals surface area contributed by atoms with Gasteiger partial charge in [0, 0.05) is 17.8 Å². The summed E-state index contributed by atoms with van der Waals surface area (Å²) >= 11 is 3.33. The Hall–Kier alpha value is -1.95. The predicted octanol–water partition coefficient (Wildman–Crippen LogP) is 3.61. The van der Waals surface area contributed by atoms with Crippen molar-refractivity contribution < 1.29 is 14.2 Å². The minimum absolute atomic E-state index is 0.558. The molecule has 0 bridgehead atoms. The molecular formula is C14H15BrN2O3. The van der Waals surface area contributed by atoms with Gasteiger partial charge in [0.05, 0.1) is 21.3 Å². The van der Waals surface area contributed by atoms with Crippen LogP contribution in [-0.4, -0.2) is 26.3 Å². The van der Waals surface area contributed by atoms with E-state index in [1.54, 1.807) is 21.3 Å². The fourth-order valence-corrected chi connectivity index (χ4v) is 2.12. The minimum Gasteiger partial charge on any atom is -0.493 e. The molecule has 6 heteroatoms. The lowest BCUT2D eigenvalue weighted by atomic mass is 10.2. The number of anilines is 2. The fraction of sp³-hybridized carbons (Fsp3) is 0.214. The summed E-state index contributed by atoms with van der Waals surface area (Å²) in [5.74, 6) is 2.45. The Balaban J connectivity index is 2.37. The predicted molar refractivity (Wildman–Crippen MR) is 81.3 cm³/mol. The molecule has 0 amide bonds. The van der Waals surface area contributed by atoms with Crippen LogP contribution in [0.25, 0.3) is 0 Å². The summed E-state index contributed by atoms with van der Waals surface area (Å²) in [6.07, 6.45) is 0. The van der Waals surface area contributed by atoms with E-state index < -0.39 is 0 Å². The lowest BCUT2D eigenvalue weighted by molar-refractivity contribution is 0.324. The van der Waals surface area contributed by atoms with E-state index in [4.69, 9.17) is 14.2 Å². The first kappa shape index (κ1) is 14.5. The van der Waals surface area contributed by atoms with Crippen LogP contribution in [0, 0.1) is 0 Å². The standard InChI is InChI=1S/C14H15BrN2O3/c1-18-10-7-9(8-11(19-2)14(10)20-3)16-13-6-4-5-12(15)17-13/h4-8H,1-3H3,(H,16,17). The average Bonchev–Trinajstić information content (AvgIpc) is 2.46. The lowest BCUT2D eigenvalue weighted by Gasteiger charge is -2.14. The van der Waals surface area contributed by atoms with Gasteiger partial charge in [-0.1, -0.05) is 6.07 Å². The number of rotatable bonds is 5. The molecule has 1 heterocycles. The Kier molecular flexibility index (Phi) is 4.68. The van der Waals surface area contributed by atoms with Crippen molar-refractivity contribution in [2.75, 3.05) is 26.6 Å². The van der Waals surface area contributed by atoms with Gasteiger partial charge in [0.2, 0.25) is 5.75 Å². The van der Waals surface area contributed by atoms with Crippen LogP contribution in [0.3, 0.4) is 0 Å². The van der Waals surface area contributed by atoms with E-state index in [9.17, 15) is 0 Å². The molecule has 2 rings (SSSR count). The summed E-state index contributed by atoms with van der Waals surface area (Å²) in [6.45, 7) is 0. The van der Waals surface area contributed by atoms with Gasteiger partial charge >= 0.3 is 0 Å². The maximum atomic E-state index is 5.31. The molecule has 0 radical (unpaired) electrons. The summed E-state index contributed by atoms with van der Waals surface area (Å²) in [5, 5.41) is 3.19. The Morgan fingerprint density at radius 1 is 1.00 bits per heavy atom. The van der Waals surface area contributed by atoms with E-state index >= 15 is 0 Å². The molecule has 1 aromatic heterocycles. The van der Waals surface area contributed by atoms with Crippen LogP contribution in [-0.2, 0) is 0 Å². The second-order valence-corrected chi connectivity index (χ2v) is 4.70. The minimum atomic E-state index is 0.558. The number of nitrogens with zero attached hydrogens (tertiary/aromatic N) is 1. The van der Waals surface area contributed by atoms with Crippen LogP contribution in [0.15, 0.2) is 34.9 Å². The van der Waals surface area contributed by atoms with Crippen LogP contribution in [0.5, 0.6) is 17.2 Å². The van der Waals surface area contributed by atoms with Crippen molar-refractivity contribution in [2.45, 2.75) is 0 Å². The van der Waals surface area contributed by atoms with Crippen LogP contribution in [0.2, 0.25) is 0 Å². The fourth-order valence-electron chi connectivity index (χ4n) is 1.78. The highest BCUT2D eigenvalue weighted by molar-refractivity contribution is 9.10. The van der Waals surface area contributed by atoms with Crippen molar-refractivity contribution in [3.63, 3.8) is 0 Å². The second-order valence-electron chi connectivity index (χ2n) is 3.88. The smallest absolute Gasteiger partial charge is 0.203 e. The molecule has 5 nitrogen and oxygen atoms in total. The van der Waals surface area contributed by atoms with E-state index in [1.165, 1.54) is 0 Å². The van der Waals surface area contributed by atoms with Gasteiger partial charge in [-0.2, -0.15) is 0 Å². The molecule has 0 saturated heterocycles. The summed E-state index contributed by atoms with van der Waals surface area (Å²) in [4.78, 5) is 4.31. The first-order valence-electron chi connectivity index (χ1n) is 5.87. The zero-order valence-corrected chi connectivity index (χ0v) is 13.0. The van der Waals surface area contributed by atoms with E-state index in [2.05, 4.69) is 26.2 Å². The maximum absolute atomic E-state index is 5.31. The molecule has 0 saturated carbocycles. The summed E-state index contributed by atoms with van der Waals surface area (Å²) in [7, 11) is 4.74. The van der Waals surface area contributed by atoms with Crippen molar-refractivity contribution >= 4 is 27.4 Å². The van der Waals surface area contributed by atoms with E-state index in [-0.39, 0.29) is 0 Å². The Morgan fingerprint density at radius 2 is 1.65 bits per heavy atom. The SMILES string of the molecule is COc1cc(Nc2cccc(Br)n2)cc(OC)c1OC. The molecule has 106 valence electrons. The number of nitrogens with one attached hydrogen (secondary N) is 1. The number of pyridine rings is 1. The molecule has 2 aromatic rings. The number of hydrogen-bond donors (Lipinski definition) is 1. The number of benzene rings is 1. The van der Waals surface area contributed by atoms with Crippen LogP contribution in [0.4, 0.5) is 11.5 Å². The van der Waals surface area contributed by atoms with Crippen LogP contribution >= 0.6 is 15.9 Å². The molecule has 0 aliphatic carbocycles. The van der Waals surface area contributed by atoms with Crippen LogP contribution in [0.1, 0.15) is 0 Å². The molecule has 0 aliphatic heterocycles. The number of halogens is 1. The van der Waals surface area contributed by atoms with Gasteiger partial charge in [-0.05, 0) is 28.1 Å². The Bertz CT molecular complexity index is 580. The molecule has 0 aliphatic rings. The lowest BCUT2D eigenvalue weighted by Crippen LogP contribution is -1.98. The molecule has 1 N–H and O–H groups in total. The topological polar surface area (TPSA) is 52.6 Å². The average molecular weight is 339 g/mol. The third kappa shape index (κ3) is 3.14. The molecule has 0 spiro atoms. The van der Waals surface area contributed by atoms with Gasteiger partial charge in [-0.15, -0.1) is 0 Å². The van der Waals surface area contributed by atoms with Crippen LogP contribution < -0.4 is 19.5 Å². The molecular weight excluding hydrogens is 324 g/mol. The summed E-state index contributed by atoms with van der Waals surface area (Å²) in [5.41, 5.74) is 0.796. The summed E-state index contributed by atoms with van der Waals surface area (Å²) in [6, 6.07) is 9.28. The third-order valence-electron chi connectivity index (χ3n) is 2.65. The second kappa shape index (κ2) is 6.47. The van der Waals surface area contributed by atoms with E-state index in [1.807, 2.05) is 30.3 Å². The van der Waals surface area contributed by atoms with Gasteiger partial charge < -0.3 is 19.5 Å². The van der Waals surface area contributed by atoms with Crippen molar-refractivity contribution in [1.82, 2.24) is 4.98 Å². The normalized spacial score (nSPS) is 10.0. The van der Waals surface area contributed by atoms with Crippen molar-refractivity contribution in [2.24, 2.45) is 0 Å². The number of aromatic nitrogens is 1. The van der Waals surface area contributed by atoms with Gasteiger partial charge in [-0.3, -0.25) is 0 Å².